The van der Waals surface area contributed by atoms with Crippen LogP contribution >= 0.6 is 11.6 Å². The van der Waals surface area contributed by atoms with Gasteiger partial charge in [-0.25, -0.2) is 4.39 Å². The highest BCUT2D eigenvalue weighted by molar-refractivity contribution is 6.31. The van der Waals surface area contributed by atoms with Crippen molar-refractivity contribution in [3.63, 3.8) is 0 Å². The molecule has 0 aliphatic carbocycles. The number of aromatic nitrogens is 2. The molecule has 0 spiro atoms. The molecule has 0 radical (unpaired) electrons. The average Bonchev–Trinajstić information content (AvgIpc) is 2.59. The van der Waals surface area contributed by atoms with Crippen LogP contribution in [0.5, 0.6) is 0 Å². The number of benzene rings is 1. The first kappa shape index (κ1) is 11.9. The number of hydrogen-bond donors (Lipinski definition) is 1. The van der Waals surface area contributed by atoms with E-state index in [2.05, 4.69) is 5.10 Å². The van der Waals surface area contributed by atoms with Crippen LogP contribution in [-0.2, 0) is 13.5 Å². The maximum absolute atomic E-state index is 13.1. The topological polar surface area (TPSA) is 43.8 Å². The zero-order valence-corrected chi connectivity index (χ0v) is 10.4. The van der Waals surface area contributed by atoms with Crippen molar-refractivity contribution in [1.29, 1.82) is 0 Å². The van der Waals surface area contributed by atoms with Gasteiger partial charge in [0, 0.05) is 18.2 Å². The van der Waals surface area contributed by atoms with Gasteiger partial charge >= 0.3 is 0 Å². The Morgan fingerprint density at radius 2 is 2.18 bits per heavy atom. The molecule has 5 heteroatoms. The van der Waals surface area contributed by atoms with Crippen molar-refractivity contribution < 1.29 is 4.39 Å². The lowest BCUT2D eigenvalue weighted by molar-refractivity contribution is 0.628. The Morgan fingerprint density at radius 3 is 2.76 bits per heavy atom. The highest BCUT2D eigenvalue weighted by Crippen LogP contribution is 2.29. The number of halogens is 2. The molecule has 0 saturated carbocycles. The van der Waals surface area contributed by atoms with Gasteiger partial charge in [-0.15, -0.1) is 0 Å². The molecule has 0 fully saturated rings. The summed E-state index contributed by atoms with van der Waals surface area (Å²) < 4.78 is 14.7. The van der Waals surface area contributed by atoms with Gasteiger partial charge in [-0.1, -0.05) is 18.5 Å². The Bertz CT molecular complexity index is 563. The number of nitrogen functional groups attached to an aromatic ring is 1. The van der Waals surface area contributed by atoms with Crippen molar-refractivity contribution in [3.05, 3.63) is 34.6 Å². The Hall–Kier alpha value is -1.55. The van der Waals surface area contributed by atoms with E-state index < -0.39 is 5.82 Å². The minimum Gasteiger partial charge on any atom is -0.384 e. The second-order valence-corrected chi connectivity index (χ2v) is 4.23. The van der Waals surface area contributed by atoms with Crippen molar-refractivity contribution in [1.82, 2.24) is 9.78 Å². The molecule has 1 aromatic carbocycles. The van der Waals surface area contributed by atoms with Gasteiger partial charge in [0.25, 0.3) is 0 Å². The third-order valence-electron chi connectivity index (χ3n) is 2.74. The number of rotatable bonds is 2. The van der Waals surface area contributed by atoms with Gasteiger partial charge in [0.15, 0.2) is 0 Å². The van der Waals surface area contributed by atoms with Crippen molar-refractivity contribution in [2.45, 2.75) is 13.3 Å². The molecule has 2 aromatic rings. The van der Waals surface area contributed by atoms with Crippen molar-refractivity contribution in [2.75, 3.05) is 5.73 Å². The van der Waals surface area contributed by atoms with Crippen molar-refractivity contribution in [2.24, 2.45) is 7.05 Å². The summed E-state index contributed by atoms with van der Waals surface area (Å²) in [5.74, 6) is 0.195. The van der Waals surface area contributed by atoms with E-state index in [-0.39, 0.29) is 5.02 Å². The second kappa shape index (κ2) is 4.37. The molecule has 17 heavy (non-hydrogen) atoms. The van der Waals surface area contributed by atoms with E-state index >= 15 is 0 Å². The predicted molar refractivity (Wildman–Crippen MR) is 67.4 cm³/mol. The molecular weight excluding hydrogens is 241 g/mol. The normalized spacial score (nSPS) is 10.8. The smallest absolute Gasteiger partial charge is 0.141 e. The summed E-state index contributed by atoms with van der Waals surface area (Å²) >= 11 is 5.77. The van der Waals surface area contributed by atoms with Gasteiger partial charge in [0.1, 0.15) is 11.6 Å². The number of nitrogens with two attached hydrogens (primary N) is 1. The largest absolute Gasteiger partial charge is 0.384 e. The minimum atomic E-state index is -0.433. The van der Waals surface area contributed by atoms with Gasteiger partial charge in [0.05, 0.1) is 10.7 Å². The van der Waals surface area contributed by atoms with Crippen LogP contribution < -0.4 is 5.73 Å². The van der Waals surface area contributed by atoms with E-state index in [0.29, 0.717) is 5.82 Å². The zero-order valence-electron chi connectivity index (χ0n) is 9.67. The van der Waals surface area contributed by atoms with E-state index in [1.165, 1.54) is 6.07 Å². The molecule has 0 atom stereocenters. The summed E-state index contributed by atoms with van der Waals surface area (Å²) in [5, 5.41) is 4.42. The fraction of sp³-hybridized carbons (Fsp3) is 0.250. The Morgan fingerprint density at radius 1 is 1.47 bits per heavy atom. The molecule has 0 aliphatic heterocycles. The molecule has 2 rings (SSSR count). The van der Waals surface area contributed by atoms with Gasteiger partial charge in [-0.2, -0.15) is 5.10 Å². The maximum Gasteiger partial charge on any atom is 0.141 e. The van der Waals surface area contributed by atoms with Crippen molar-refractivity contribution in [3.8, 4) is 11.3 Å². The molecule has 0 aliphatic rings. The molecule has 0 bridgehead atoms. The first-order valence-electron chi connectivity index (χ1n) is 5.31. The van der Waals surface area contributed by atoms with Crippen LogP contribution in [0.25, 0.3) is 11.3 Å². The minimum absolute atomic E-state index is 0.0915. The Labute approximate surface area is 104 Å². The summed E-state index contributed by atoms with van der Waals surface area (Å²) in [7, 11) is 1.78. The van der Waals surface area contributed by atoms with Gasteiger partial charge in [-0.3, -0.25) is 4.68 Å². The monoisotopic (exact) mass is 253 g/mol. The lowest BCUT2D eigenvalue weighted by Gasteiger charge is -2.02. The highest BCUT2D eigenvalue weighted by atomic mass is 35.5. The number of nitrogens with zero attached hydrogens (tertiary/aromatic N) is 2. The van der Waals surface area contributed by atoms with E-state index in [0.717, 1.165) is 23.2 Å². The summed E-state index contributed by atoms with van der Waals surface area (Å²) in [6.07, 6.45) is 0.768. The lowest BCUT2D eigenvalue weighted by Crippen LogP contribution is -1.98. The van der Waals surface area contributed by atoms with Gasteiger partial charge in [-0.05, 0) is 24.6 Å². The summed E-state index contributed by atoms with van der Waals surface area (Å²) in [6, 6.07) is 4.56. The standard InChI is InChI=1S/C12H13ClFN3/c1-3-8-11(16-17(2)12(8)15)7-4-5-10(14)9(13)6-7/h4-6H,3,15H2,1-2H3. The number of hydrogen-bond acceptors (Lipinski definition) is 2. The van der Waals surface area contributed by atoms with Crippen LogP contribution in [0.4, 0.5) is 10.2 Å². The molecule has 0 amide bonds. The number of anilines is 1. The quantitative estimate of drug-likeness (QED) is 0.894. The molecule has 0 unspecified atom stereocenters. The summed E-state index contributed by atoms with van der Waals surface area (Å²) in [4.78, 5) is 0. The maximum atomic E-state index is 13.1. The molecule has 90 valence electrons. The van der Waals surface area contributed by atoms with Crippen LogP contribution in [0.15, 0.2) is 18.2 Å². The molecule has 1 heterocycles. The van der Waals surface area contributed by atoms with E-state index in [4.69, 9.17) is 17.3 Å². The van der Waals surface area contributed by atoms with E-state index in [9.17, 15) is 4.39 Å². The fourth-order valence-electron chi connectivity index (χ4n) is 1.80. The van der Waals surface area contributed by atoms with Crippen LogP contribution in [0, 0.1) is 5.82 Å². The van der Waals surface area contributed by atoms with E-state index in [1.54, 1.807) is 23.9 Å². The van der Waals surface area contributed by atoms with Gasteiger partial charge < -0.3 is 5.73 Å². The second-order valence-electron chi connectivity index (χ2n) is 3.82. The third-order valence-corrected chi connectivity index (χ3v) is 3.03. The van der Waals surface area contributed by atoms with Crippen LogP contribution in [0.2, 0.25) is 5.02 Å². The Kier molecular flexibility index (Phi) is 3.07. The van der Waals surface area contributed by atoms with Crippen LogP contribution in [-0.4, -0.2) is 9.78 Å². The first-order valence-corrected chi connectivity index (χ1v) is 5.69. The molecular formula is C12H13ClFN3. The number of aryl methyl sites for hydroxylation is 1. The van der Waals surface area contributed by atoms with E-state index in [1.807, 2.05) is 6.92 Å². The molecule has 0 saturated heterocycles. The Balaban J connectivity index is 2.60. The summed E-state index contributed by atoms with van der Waals surface area (Å²) in [5.41, 5.74) is 8.40. The third kappa shape index (κ3) is 2.00. The highest BCUT2D eigenvalue weighted by Gasteiger charge is 2.14. The fourth-order valence-corrected chi connectivity index (χ4v) is 1.99. The molecule has 1 aromatic heterocycles. The van der Waals surface area contributed by atoms with Crippen LogP contribution in [0.3, 0.4) is 0 Å². The molecule has 2 N–H and O–H groups in total. The predicted octanol–water partition coefficient (Wildman–Crippen LogP) is 3.02. The summed E-state index contributed by atoms with van der Waals surface area (Å²) in [6.45, 7) is 2.00. The first-order chi connectivity index (χ1) is 8.04. The van der Waals surface area contributed by atoms with Crippen molar-refractivity contribution >= 4 is 17.4 Å². The lowest BCUT2D eigenvalue weighted by atomic mass is 10.1. The molecule has 3 nitrogen and oxygen atoms in total. The zero-order chi connectivity index (χ0) is 12.6. The van der Waals surface area contributed by atoms with Gasteiger partial charge in [0.2, 0.25) is 0 Å². The average molecular weight is 254 g/mol. The van der Waals surface area contributed by atoms with Crippen LogP contribution in [0.1, 0.15) is 12.5 Å². The SMILES string of the molecule is CCc1c(-c2ccc(F)c(Cl)c2)nn(C)c1N.